The number of hydrogen-bond acceptors (Lipinski definition) is 6. The van der Waals surface area contributed by atoms with E-state index in [0.29, 0.717) is 31.0 Å². The molecule has 0 aromatic carbocycles. The van der Waals surface area contributed by atoms with Crippen LogP contribution in [0, 0.1) is 19.8 Å². The molecule has 3 rings (SSSR count). The first-order valence-electron chi connectivity index (χ1n) is 7.90. The summed E-state index contributed by atoms with van der Waals surface area (Å²) in [5.74, 6) is -0.486. The summed E-state index contributed by atoms with van der Waals surface area (Å²) in [5.41, 5.74) is 2.68. The Labute approximate surface area is 139 Å². The maximum atomic E-state index is 12.5. The monoisotopic (exact) mass is 334 g/mol. The van der Waals surface area contributed by atoms with E-state index in [4.69, 9.17) is 9.47 Å². The molecule has 0 spiro atoms. The summed E-state index contributed by atoms with van der Waals surface area (Å²) in [4.78, 5) is 16.9. The van der Waals surface area contributed by atoms with Crippen molar-refractivity contribution in [3.8, 4) is 0 Å². The number of nitrogens with one attached hydrogen (secondary N) is 1. The molecule has 1 amide bonds. The lowest BCUT2D eigenvalue weighted by molar-refractivity contribution is -0.132. The highest BCUT2D eigenvalue weighted by molar-refractivity contribution is 5.99. The molecule has 1 saturated heterocycles. The summed E-state index contributed by atoms with van der Waals surface area (Å²) in [6.45, 7) is 4.83. The lowest BCUT2D eigenvalue weighted by atomic mass is 9.96. The molecule has 2 N–H and O–H groups in total. The molecule has 0 bridgehead atoms. The summed E-state index contributed by atoms with van der Waals surface area (Å²) < 4.78 is 12.2. The summed E-state index contributed by atoms with van der Waals surface area (Å²) in [6.07, 6.45) is 0.468. The lowest BCUT2D eigenvalue weighted by Crippen LogP contribution is -2.49. The van der Waals surface area contributed by atoms with E-state index in [2.05, 4.69) is 15.4 Å². The molecule has 3 heterocycles. The Morgan fingerprint density at radius 1 is 1.50 bits per heavy atom. The molecule has 0 aliphatic carbocycles. The first-order valence-corrected chi connectivity index (χ1v) is 7.90. The van der Waals surface area contributed by atoms with Crippen molar-refractivity contribution >= 4 is 11.6 Å². The number of rotatable bonds is 4. The highest BCUT2D eigenvalue weighted by Crippen LogP contribution is 2.17. The van der Waals surface area contributed by atoms with Gasteiger partial charge in [-0.1, -0.05) is 0 Å². The van der Waals surface area contributed by atoms with Crippen molar-refractivity contribution in [1.29, 1.82) is 0 Å². The van der Waals surface area contributed by atoms with Gasteiger partial charge in [0.25, 0.3) is 5.91 Å². The molecule has 0 radical (unpaired) electrons. The quantitative estimate of drug-likeness (QED) is 0.823. The van der Waals surface area contributed by atoms with E-state index >= 15 is 0 Å². The van der Waals surface area contributed by atoms with Gasteiger partial charge < -0.3 is 19.9 Å². The van der Waals surface area contributed by atoms with E-state index in [0.717, 1.165) is 11.4 Å². The van der Waals surface area contributed by atoms with Crippen LogP contribution in [0.4, 0.5) is 0 Å². The third kappa shape index (κ3) is 3.12. The first-order chi connectivity index (χ1) is 11.5. The topological polar surface area (TPSA) is 98.0 Å². The zero-order valence-corrected chi connectivity index (χ0v) is 14.0. The third-order valence-electron chi connectivity index (χ3n) is 4.33. The van der Waals surface area contributed by atoms with Crippen LogP contribution >= 0.6 is 0 Å². The van der Waals surface area contributed by atoms with Crippen molar-refractivity contribution in [1.82, 2.24) is 19.9 Å². The minimum Gasteiger partial charge on any atom is -0.390 e. The highest BCUT2D eigenvalue weighted by Gasteiger charge is 2.33. The fraction of sp³-hybridized carbons (Fsp3) is 0.562. The van der Waals surface area contributed by atoms with Crippen LogP contribution in [-0.4, -0.2) is 64.7 Å². The van der Waals surface area contributed by atoms with Gasteiger partial charge in [-0.05, 0) is 19.9 Å². The molecule has 2 aromatic rings. The van der Waals surface area contributed by atoms with Gasteiger partial charge in [-0.3, -0.25) is 4.79 Å². The second-order valence-corrected chi connectivity index (χ2v) is 6.10. The van der Waals surface area contributed by atoms with Crippen molar-refractivity contribution in [3.63, 3.8) is 0 Å². The van der Waals surface area contributed by atoms with Crippen molar-refractivity contribution in [2.45, 2.75) is 26.1 Å². The summed E-state index contributed by atoms with van der Waals surface area (Å²) in [7, 11) is 1.54. The van der Waals surface area contributed by atoms with Crippen molar-refractivity contribution < 1.29 is 19.4 Å². The smallest absolute Gasteiger partial charge is 0.256 e. The molecule has 0 saturated carbocycles. The Morgan fingerprint density at radius 2 is 2.29 bits per heavy atom. The number of fused-ring (bicyclic) bond motifs is 1. The Balaban J connectivity index is 1.72. The number of carbonyl (C=O) groups excluding carboxylic acids is 1. The SMILES string of the molecule is CO[C@@H]1COC[C@@H](CNC(=O)c2cnn3c(C)cc(C)nc23)[C@@H]1O. The molecular formula is C16H22N4O4. The van der Waals surface area contributed by atoms with Gasteiger partial charge in [0.2, 0.25) is 0 Å². The van der Waals surface area contributed by atoms with E-state index in [1.807, 2.05) is 19.9 Å². The molecule has 8 heteroatoms. The van der Waals surface area contributed by atoms with Crippen LogP contribution in [0.2, 0.25) is 0 Å². The van der Waals surface area contributed by atoms with E-state index in [-0.39, 0.29) is 17.9 Å². The summed E-state index contributed by atoms with van der Waals surface area (Å²) >= 11 is 0. The average molecular weight is 334 g/mol. The first kappa shape index (κ1) is 16.8. The zero-order chi connectivity index (χ0) is 17.3. The molecule has 130 valence electrons. The molecular weight excluding hydrogens is 312 g/mol. The van der Waals surface area contributed by atoms with Crippen LogP contribution in [0.15, 0.2) is 12.3 Å². The van der Waals surface area contributed by atoms with Crippen LogP contribution in [0.25, 0.3) is 5.65 Å². The predicted octanol–water partition coefficient (Wildman–Crippen LogP) is 0.0982. The largest absolute Gasteiger partial charge is 0.390 e. The standard InChI is InChI=1S/C16H22N4O4/c1-9-4-10(2)20-15(19-9)12(6-18-20)16(22)17-5-11-7-24-8-13(23-3)14(11)21/h4,6,11,13-14,21H,5,7-8H2,1-3H3,(H,17,22)/t11-,13-,14+/m1/s1. The molecule has 3 atom stereocenters. The zero-order valence-electron chi connectivity index (χ0n) is 14.0. The molecule has 2 aromatic heterocycles. The molecule has 24 heavy (non-hydrogen) atoms. The van der Waals surface area contributed by atoms with Crippen LogP contribution in [0.1, 0.15) is 21.7 Å². The van der Waals surface area contributed by atoms with Crippen LogP contribution in [-0.2, 0) is 9.47 Å². The maximum Gasteiger partial charge on any atom is 0.256 e. The van der Waals surface area contributed by atoms with Crippen LogP contribution in [0.3, 0.4) is 0 Å². The molecule has 1 aliphatic heterocycles. The Morgan fingerprint density at radius 3 is 3.04 bits per heavy atom. The maximum absolute atomic E-state index is 12.5. The average Bonchev–Trinajstić information content (AvgIpc) is 2.97. The Kier molecular flexibility index (Phi) is 4.79. The van der Waals surface area contributed by atoms with Crippen molar-refractivity contribution in [2.75, 3.05) is 26.9 Å². The number of methoxy groups -OCH3 is 1. The second kappa shape index (κ2) is 6.84. The fourth-order valence-corrected chi connectivity index (χ4v) is 2.97. The molecule has 1 aliphatic rings. The number of hydrogen-bond donors (Lipinski definition) is 2. The summed E-state index contributed by atoms with van der Waals surface area (Å²) in [6, 6.07) is 1.91. The summed E-state index contributed by atoms with van der Waals surface area (Å²) in [5, 5.41) is 17.3. The highest BCUT2D eigenvalue weighted by atomic mass is 16.5. The number of amides is 1. The van der Waals surface area contributed by atoms with Gasteiger partial charge in [0.15, 0.2) is 5.65 Å². The van der Waals surface area contributed by atoms with Crippen molar-refractivity contribution in [2.24, 2.45) is 5.92 Å². The van der Waals surface area contributed by atoms with Crippen molar-refractivity contribution in [3.05, 3.63) is 29.2 Å². The minimum absolute atomic E-state index is 0.217. The predicted molar refractivity (Wildman–Crippen MR) is 85.9 cm³/mol. The number of aromatic nitrogens is 3. The van der Waals surface area contributed by atoms with E-state index in [1.54, 1.807) is 4.52 Å². The van der Waals surface area contributed by atoms with Crippen LogP contribution in [0.5, 0.6) is 0 Å². The van der Waals surface area contributed by atoms with Gasteiger partial charge in [0.1, 0.15) is 11.7 Å². The van der Waals surface area contributed by atoms with Gasteiger partial charge in [0.05, 0.1) is 25.5 Å². The number of aliphatic hydroxyl groups excluding tert-OH is 1. The van der Waals surface area contributed by atoms with E-state index in [1.165, 1.54) is 13.3 Å². The normalized spacial score (nSPS) is 24.2. The minimum atomic E-state index is -0.671. The lowest BCUT2D eigenvalue weighted by Gasteiger charge is -2.33. The van der Waals surface area contributed by atoms with Gasteiger partial charge in [-0.15, -0.1) is 0 Å². The molecule has 1 fully saturated rings. The van der Waals surface area contributed by atoms with Gasteiger partial charge in [0, 0.05) is 31.0 Å². The number of aryl methyl sites for hydroxylation is 2. The van der Waals surface area contributed by atoms with E-state index < -0.39 is 6.10 Å². The number of aliphatic hydroxyl groups is 1. The van der Waals surface area contributed by atoms with Crippen LogP contribution < -0.4 is 5.32 Å². The van der Waals surface area contributed by atoms with E-state index in [9.17, 15) is 9.90 Å². The second-order valence-electron chi connectivity index (χ2n) is 6.10. The fourth-order valence-electron chi connectivity index (χ4n) is 2.97. The Bertz CT molecular complexity index is 745. The van der Waals surface area contributed by atoms with Gasteiger partial charge in [-0.25, -0.2) is 9.50 Å². The number of ether oxygens (including phenoxy) is 2. The molecule has 0 unspecified atom stereocenters. The Hall–Kier alpha value is -2.03. The number of nitrogens with zero attached hydrogens (tertiary/aromatic N) is 3. The van der Waals surface area contributed by atoms with Gasteiger partial charge >= 0.3 is 0 Å². The number of carbonyl (C=O) groups is 1. The molecule has 8 nitrogen and oxygen atoms in total. The third-order valence-corrected chi connectivity index (χ3v) is 4.33. The van der Waals surface area contributed by atoms with Gasteiger partial charge in [-0.2, -0.15) is 5.10 Å².